The Bertz CT molecular complexity index is 930. The van der Waals surface area contributed by atoms with Crippen LogP contribution < -0.4 is 0 Å². The SMILES string of the molecule is C[C@@H](Cc1cccnc1)n1ccnc1-c1cnc(-c2cccs2)nc1. The standard InChI is InChI=1S/C19H17N5S/c1-14(10-15-4-2-6-20-11-15)24-8-7-21-19(24)16-12-22-18(23-13-16)17-5-3-9-25-17/h2-9,11-14H,10H2,1H3/t14-/m0/s1. The fourth-order valence-corrected chi connectivity index (χ4v) is 3.50. The number of aromatic nitrogens is 5. The first-order valence-electron chi connectivity index (χ1n) is 8.09. The van der Waals surface area contributed by atoms with Crippen molar-refractivity contribution in [1.29, 1.82) is 0 Å². The van der Waals surface area contributed by atoms with Gasteiger partial charge in [-0.2, -0.15) is 0 Å². The van der Waals surface area contributed by atoms with Crippen molar-refractivity contribution in [2.75, 3.05) is 0 Å². The lowest BCUT2D eigenvalue weighted by Crippen LogP contribution is -2.09. The van der Waals surface area contributed by atoms with Gasteiger partial charge in [-0.3, -0.25) is 4.98 Å². The molecule has 6 heteroatoms. The third-order valence-corrected chi connectivity index (χ3v) is 4.91. The molecule has 0 spiro atoms. The maximum atomic E-state index is 4.51. The van der Waals surface area contributed by atoms with Gasteiger partial charge in [0.05, 0.1) is 10.4 Å². The van der Waals surface area contributed by atoms with Gasteiger partial charge >= 0.3 is 0 Å². The highest BCUT2D eigenvalue weighted by Crippen LogP contribution is 2.25. The Morgan fingerprint density at radius 2 is 1.92 bits per heavy atom. The van der Waals surface area contributed by atoms with Crippen LogP contribution in [0.3, 0.4) is 0 Å². The van der Waals surface area contributed by atoms with Crippen LogP contribution in [-0.4, -0.2) is 24.5 Å². The fraction of sp³-hybridized carbons (Fsp3) is 0.158. The Morgan fingerprint density at radius 3 is 2.64 bits per heavy atom. The van der Waals surface area contributed by atoms with Crippen LogP contribution in [0.2, 0.25) is 0 Å². The van der Waals surface area contributed by atoms with Gasteiger partial charge < -0.3 is 4.57 Å². The van der Waals surface area contributed by atoms with Crippen molar-refractivity contribution < 1.29 is 0 Å². The highest BCUT2D eigenvalue weighted by atomic mass is 32.1. The zero-order valence-electron chi connectivity index (χ0n) is 13.8. The molecule has 0 aromatic carbocycles. The minimum atomic E-state index is 0.263. The summed E-state index contributed by atoms with van der Waals surface area (Å²) in [6, 6.07) is 8.35. The molecule has 4 aromatic rings. The monoisotopic (exact) mass is 347 g/mol. The largest absolute Gasteiger partial charge is 0.328 e. The lowest BCUT2D eigenvalue weighted by molar-refractivity contribution is 0.549. The summed E-state index contributed by atoms with van der Waals surface area (Å²) >= 11 is 1.64. The number of hydrogen-bond acceptors (Lipinski definition) is 5. The summed E-state index contributed by atoms with van der Waals surface area (Å²) in [5.74, 6) is 1.63. The second-order valence-electron chi connectivity index (χ2n) is 5.85. The van der Waals surface area contributed by atoms with Gasteiger partial charge in [0.1, 0.15) is 5.82 Å². The fourth-order valence-electron chi connectivity index (χ4n) is 2.83. The summed E-state index contributed by atoms with van der Waals surface area (Å²) in [5.41, 5.74) is 2.13. The van der Waals surface area contributed by atoms with Crippen molar-refractivity contribution in [2.45, 2.75) is 19.4 Å². The van der Waals surface area contributed by atoms with Crippen LogP contribution in [0.25, 0.3) is 22.1 Å². The maximum Gasteiger partial charge on any atom is 0.169 e. The summed E-state index contributed by atoms with van der Waals surface area (Å²) in [6.07, 6.45) is 12.1. The number of thiophene rings is 1. The molecule has 4 aromatic heterocycles. The molecule has 0 fully saturated rings. The van der Waals surface area contributed by atoms with E-state index in [0.29, 0.717) is 0 Å². The predicted molar refractivity (Wildman–Crippen MR) is 99.2 cm³/mol. The molecule has 0 aliphatic rings. The number of imidazole rings is 1. The molecule has 0 N–H and O–H groups in total. The first kappa shape index (κ1) is 15.7. The molecule has 0 saturated carbocycles. The molecule has 0 aliphatic carbocycles. The Kier molecular flexibility index (Phi) is 4.35. The minimum Gasteiger partial charge on any atom is -0.328 e. The molecule has 5 nitrogen and oxygen atoms in total. The van der Waals surface area contributed by atoms with Crippen molar-refractivity contribution in [3.8, 4) is 22.1 Å². The van der Waals surface area contributed by atoms with Gasteiger partial charge in [-0.05, 0) is 36.4 Å². The number of hydrogen-bond donors (Lipinski definition) is 0. The van der Waals surface area contributed by atoms with Gasteiger partial charge in [0.15, 0.2) is 5.82 Å². The Labute approximate surface area is 150 Å². The van der Waals surface area contributed by atoms with Crippen LogP contribution in [0, 0.1) is 0 Å². The number of pyridine rings is 1. The molecule has 4 rings (SSSR count). The normalized spacial score (nSPS) is 12.2. The zero-order chi connectivity index (χ0) is 17.1. The van der Waals surface area contributed by atoms with Gasteiger partial charge in [-0.1, -0.05) is 12.1 Å². The quantitative estimate of drug-likeness (QED) is 0.541. The van der Waals surface area contributed by atoms with Gasteiger partial charge in [0.25, 0.3) is 0 Å². The Morgan fingerprint density at radius 1 is 1.04 bits per heavy atom. The number of rotatable bonds is 5. The lowest BCUT2D eigenvalue weighted by Gasteiger charge is -2.16. The van der Waals surface area contributed by atoms with Crippen LogP contribution in [0.1, 0.15) is 18.5 Å². The lowest BCUT2D eigenvalue weighted by atomic mass is 10.1. The highest BCUT2D eigenvalue weighted by Gasteiger charge is 2.13. The topological polar surface area (TPSA) is 56.5 Å². The molecule has 0 radical (unpaired) electrons. The van der Waals surface area contributed by atoms with Crippen molar-refractivity contribution >= 4 is 11.3 Å². The number of nitrogens with zero attached hydrogens (tertiary/aromatic N) is 5. The molecule has 0 saturated heterocycles. The van der Waals surface area contributed by atoms with E-state index in [-0.39, 0.29) is 6.04 Å². The summed E-state index contributed by atoms with van der Waals surface area (Å²) < 4.78 is 2.16. The average molecular weight is 347 g/mol. The molecule has 1 atom stereocenters. The first-order valence-corrected chi connectivity index (χ1v) is 8.97. The first-order chi connectivity index (χ1) is 12.3. The highest BCUT2D eigenvalue weighted by molar-refractivity contribution is 7.13. The smallest absolute Gasteiger partial charge is 0.169 e. The van der Waals surface area contributed by atoms with Gasteiger partial charge in [0, 0.05) is 43.2 Å². The molecule has 0 amide bonds. The van der Waals surface area contributed by atoms with Crippen LogP contribution in [0.15, 0.2) is 66.8 Å². The average Bonchev–Trinajstić information content (AvgIpc) is 3.35. The van der Waals surface area contributed by atoms with Crippen molar-refractivity contribution in [3.63, 3.8) is 0 Å². The molecule has 0 aliphatic heterocycles. The van der Waals surface area contributed by atoms with E-state index in [1.807, 2.05) is 54.6 Å². The van der Waals surface area contributed by atoms with Gasteiger partial charge in [0.2, 0.25) is 0 Å². The molecule has 124 valence electrons. The van der Waals surface area contributed by atoms with E-state index in [9.17, 15) is 0 Å². The van der Waals surface area contributed by atoms with Crippen molar-refractivity contribution in [3.05, 3.63) is 72.4 Å². The maximum absolute atomic E-state index is 4.51. The second-order valence-corrected chi connectivity index (χ2v) is 6.79. The summed E-state index contributed by atoms with van der Waals surface area (Å²) in [7, 11) is 0. The van der Waals surface area contributed by atoms with Crippen LogP contribution in [-0.2, 0) is 6.42 Å². The van der Waals surface area contributed by atoms with E-state index in [2.05, 4.69) is 37.5 Å². The van der Waals surface area contributed by atoms with Gasteiger partial charge in [-0.15, -0.1) is 11.3 Å². The molecule has 0 bridgehead atoms. The van der Waals surface area contributed by atoms with E-state index in [4.69, 9.17) is 0 Å². The minimum absolute atomic E-state index is 0.263. The molecular formula is C19H17N5S. The predicted octanol–water partition coefficient (Wildman–Crippen LogP) is 4.27. The van der Waals surface area contributed by atoms with E-state index < -0.39 is 0 Å². The summed E-state index contributed by atoms with van der Waals surface area (Å²) in [4.78, 5) is 18.8. The van der Waals surface area contributed by atoms with Crippen LogP contribution >= 0.6 is 11.3 Å². The van der Waals surface area contributed by atoms with Crippen LogP contribution in [0.4, 0.5) is 0 Å². The Balaban J connectivity index is 1.59. The summed E-state index contributed by atoms with van der Waals surface area (Å²) in [6.45, 7) is 2.18. The van der Waals surface area contributed by atoms with Crippen LogP contribution in [0.5, 0.6) is 0 Å². The van der Waals surface area contributed by atoms with E-state index >= 15 is 0 Å². The third-order valence-electron chi connectivity index (χ3n) is 4.05. The van der Waals surface area contributed by atoms with E-state index in [1.54, 1.807) is 17.5 Å². The van der Waals surface area contributed by atoms with Crippen molar-refractivity contribution in [1.82, 2.24) is 24.5 Å². The molecule has 4 heterocycles. The van der Waals surface area contributed by atoms with E-state index in [0.717, 1.165) is 28.5 Å². The molecule has 0 unspecified atom stereocenters. The van der Waals surface area contributed by atoms with E-state index in [1.165, 1.54) is 5.56 Å². The molecule has 25 heavy (non-hydrogen) atoms. The summed E-state index contributed by atoms with van der Waals surface area (Å²) in [5, 5.41) is 2.03. The zero-order valence-corrected chi connectivity index (χ0v) is 14.6. The second kappa shape index (κ2) is 6.94. The van der Waals surface area contributed by atoms with Gasteiger partial charge in [-0.25, -0.2) is 15.0 Å². The Hall–Kier alpha value is -2.86. The van der Waals surface area contributed by atoms with Crippen molar-refractivity contribution in [2.24, 2.45) is 0 Å². The third kappa shape index (κ3) is 3.34. The molecular weight excluding hydrogens is 330 g/mol.